The number of fused-ring (bicyclic) bond motifs is 1. The Morgan fingerprint density at radius 2 is 2.00 bits per heavy atom. The van der Waals surface area contributed by atoms with Gasteiger partial charge in [0.25, 0.3) is 5.91 Å². The van der Waals surface area contributed by atoms with E-state index in [2.05, 4.69) is 15.3 Å². The van der Waals surface area contributed by atoms with Gasteiger partial charge in [0.05, 0.1) is 11.9 Å². The summed E-state index contributed by atoms with van der Waals surface area (Å²) in [5.74, 6) is -0.0232. The second-order valence-electron chi connectivity index (χ2n) is 8.91. The number of imidazole rings is 1. The number of carbonyl (C=O) groups is 1. The summed E-state index contributed by atoms with van der Waals surface area (Å²) in [6.07, 6.45) is 6.90. The van der Waals surface area contributed by atoms with Gasteiger partial charge in [-0.3, -0.25) is 9.20 Å². The lowest BCUT2D eigenvalue weighted by atomic mass is 9.96. The van der Waals surface area contributed by atoms with Gasteiger partial charge in [-0.25, -0.2) is 14.4 Å². The summed E-state index contributed by atoms with van der Waals surface area (Å²) in [5.41, 5.74) is 9.92. The van der Waals surface area contributed by atoms with Crippen molar-refractivity contribution in [2.45, 2.75) is 19.8 Å². The van der Waals surface area contributed by atoms with Crippen LogP contribution in [0.4, 0.5) is 15.9 Å². The Balaban J connectivity index is 1.38. The van der Waals surface area contributed by atoms with Gasteiger partial charge in [0, 0.05) is 42.3 Å². The van der Waals surface area contributed by atoms with Crippen molar-refractivity contribution in [3.05, 3.63) is 71.9 Å². The van der Waals surface area contributed by atoms with Crippen LogP contribution in [0.15, 0.2) is 55.0 Å². The maximum absolute atomic E-state index is 13.9. The van der Waals surface area contributed by atoms with Crippen LogP contribution >= 0.6 is 0 Å². The molecule has 0 unspecified atom stereocenters. The third-order valence-electron chi connectivity index (χ3n) is 6.63. The largest absolute Gasteiger partial charge is 0.505 e. The highest BCUT2D eigenvalue weighted by atomic mass is 19.1. The molecular formula is C26H27FN6O2. The zero-order valence-electron chi connectivity index (χ0n) is 19.4. The van der Waals surface area contributed by atoms with Crippen LogP contribution in [0.5, 0.6) is 5.75 Å². The van der Waals surface area contributed by atoms with Crippen molar-refractivity contribution in [3.8, 4) is 17.0 Å². The molecule has 9 heteroatoms. The van der Waals surface area contributed by atoms with Gasteiger partial charge in [-0.2, -0.15) is 0 Å². The number of aromatic nitrogens is 3. The number of likely N-dealkylation sites (tertiary alicyclic amines) is 1. The molecule has 4 aromatic rings. The number of phenols is 1. The number of halogens is 1. The Hall–Kier alpha value is -3.98. The zero-order valence-corrected chi connectivity index (χ0v) is 19.4. The van der Waals surface area contributed by atoms with Crippen LogP contribution in [0.25, 0.3) is 16.9 Å². The van der Waals surface area contributed by atoms with E-state index in [1.807, 2.05) is 30.0 Å². The van der Waals surface area contributed by atoms with E-state index in [-0.39, 0.29) is 5.91 Å². The van der Waals surface area contributed by atoms with Gasteiger partial charge < -0.3 is 21.1 Å². The van der Waals surface area contributed by atoms with E-state index in [4.69, 9.17) is 5.73 Å². The lowest BCUT2D eigenvalue weighted by molar-refractivity contribution is 0.0692. The number of rotatable bonds is 5. The van der Waals surface area contributed by atoms with Crippen molar-refractivity contribution < 1.29 is 14.3 Å². The number of hydrogen-bond donors (Lipinski definition) is 3. The van der Waals surface area contributed by atoms with Gasteiger partial charge in [-0.15, -0.1) is 0 Å². The van der Waals surface area contributed by atoms with E-state index < -0.39 is 11.6 Å². The maximum Gasteiger partial charge on any atom is 0.254 e. The van der Waals surface area contributed by atoms with Gasteiger partial charge in [0.2, 0.25) is 0 Å². The van der Waals surface area contributed by atoms with Gasteiger partial charge in [0.15, 0.2) is 23.0 Å². The monoisotopic (exact) mass is 474 g/mol. The predicted octanol–water partition coefficient (Wildman–Crippen LogP) is 4.10. The van der Waals surface area contributed by atoms with Crippen molar-refractivity contribution in [2.75, 3.05) is 25.0 Å². The first-order valence-electron chi connectivity index (χ1n) is 11.6. The van der Waals surface area contributed by atoms with E-state index in [0.717, 1.165) is 37.2 Å². The van der Waals surface area contributed by atoms with Gasteiger partial charge in [-0.1, -0.05) is 0 Å². The number of hydrogen-bond acceptors (Lipinski definition) is 6. The highest BCUT2D eigenvalue weighted by Crippen LogP contribution is 2.29. The van der Waals surface area contributed by atoms with E-state index in [0.29, 0.717) is 40.7 Å². The van der Waals surface area contributed by atoms with Crippen molar-refractivity contribution in [3.63, 3.8) is 0 Å². The number of aromatic hydroxyl groups is 1. The molecule has 2 aromatic carbocycles. The summed E-state index contributed by atoms with van der Waals surface area (Å²) >= 11 is 0. The SMILES string of the molecule is Cc1cc(Nc2nccn3c(-c4ccc(O)c(F)c4)cnc23)ccc1C(=O)N1CCC(CN)CC1. The number of phenolic OH excluding ortho intramolecular Hbond substituents is 1. The van der Waals surface area contributed by atoms with Crippen LogP contribution in [-0.2, 0) is 0 Å². The molecule has 1 fully saturated rings. The average molecular weight is 475 g/mol. The fourth-order valence-electron chi connectivity index (χ4n) is 4.55. The lowest BCUT2D eigenvalue weighted by Crippen LogP contribution is -2.40. The summed E-state index contributed by atoms with van der Waals surface area (Å²) in [4.78, 5) is 23.8. The summed E-state index contributed by atoms with van der Waals surface area (Å²) < 4.78 is 15.7. The minimum absolute atomic E-state index is 0.0452. The molecule has 1 amide bonds. The summed E-state index contributed by atoms with van der Waals surface area (Å²) in [6, 6.07) is 9.83. The standard InChI is InChI=1S/C26H27FN6O2/c1-16-12-19(3-4-20(16)26(35)32-9-6-17(14-28)7-10-32)31-24-25-30-15-22(33(25)11-8-29-24)18-2-5-23(34)21(27)13-18/h2-5,8,11-13,15,17,34H,6-7,9-10,14,28H2,1H3,(H,29,31). The number of amides is 1. The third-order valence-corrected chi connectivity index (χ3v) is 6.63. The number of nitrogens with one attached hydrogen (secondary N) is 1. The van der Waals surface area contributed by atoms with Gasteiger partial charge in [0.1, 0.15) is 0 Å². The summed E-state index contributed by atoms with van der Waals surface area (Å²) in [6.45, 7) is 4.07. The molecule has 0 spiro atoms. The number of aryl methyl sites for hydroxylation is 1. The highest BCUT2D eigenvalue weighted by Gasteiger charge is 2.24. The molecule has 1 saturated heterocycles. The van der Waals surface area contributed by atoms with Crippen molar-refractivity contribution >= 4 is 23.1 Å². The van der Waals surface area contributed by atoms with Gasteiger partial charge in [-0.05, 0) is 74.2 Å². The first kappa shape index (κ1) is 22.8. The number of piperidine rings is 1. The van der Waals surface area contributed by atoms with Crippen molar-refractivity contribution in [2.24, 2.45) is 11.7 Å². The highest BCUT2D eigenvalue weighted by molar-refractivity contribution is 5.96. The predicted molar refractivity (Wildman–Crippen MR) is 132 cm³/mol. The molecule has 1 aliphatic heterocycles. The Kier molecular flexibility index (Phi) is 6.08. The normalized spacial score (nSPS) is 14.4. The Morgan fingerprint density at radius 3 is 2.71 bits per heavy atom. The summed E-state index contributed by atoms with van der Waals surface area (Å²) in [5, 5.41) is 12.8. The topological polar surface area (TPSA) is 109 Å². The molecule has 0 aliphatic carbocycles. The number of nitrogens with zero attached hydrogens (tertiary/aromatic N) is 4. The van der Waals surface area contributed by atoms with Crippen molar-refractivity contribution in [1.82, 2.24) is 19.3 Å². The molecule has 0 atom stereocenters. The van der Waals surface area contributed by atoms with Crippen LogP contribution in [0.1, 0.15) is 28.8 Å². The van der Waals surface area contributed by atoms with Crippen LogP contribution < -0.4 is 11.1 Å². The fraction of sp³-hybridized carbons (Fsp3) is 0.269. The van der Waals surface area contributed by atoms with E-state index in [1.54, 1.807) is 29.1 Å². The Labute approximate surface area is 202 Å². The Bertz CT molecular complexity index is 1390. The number of benzene rings is 2. The molecule has 2 aromatic heterocycles. The second kappa shape index (κ2) is 9.34. The minimum atomic E-state index is -0.696. The molecule has 5 rings (SSSR count). The molecule has 0 radical (unpaired) electrons. The number of anilines is 2. The first-order chi connectivity index (χ1) is 16.9. The Morgan fingerprint density at radius 1 is 1.20 bits per heavy atom. The molecule has 3 heterocycles. The maximum atomic E-state index is 13.9. The van der Waals surface area contributed by atoms with E-state index >= 15 is 0 Å². The molecule has 180 valence electrons. The van der Waals surface area contributed by atoms with Crippen LogP contribution in [0.2, 0.25) is 0 Å². The molecule has 0 saturated carbocycles. The molecule has 4 N–H and O–H groups in total. The van der Waals surface area contributed by atoms with E-state index in [1.165, 1.54) is 12.1 Å². The molecule has 35 heavy (non-hydrogen) atoms. The average Bonchev–Trinajstić information content (AvgIpc) is 3.31. The number of nitrogens with two attached hydrogens (primary N) is 1. The quantitative estimate of drug-likeness (QED) is 0.402. The number of carbonyl (C=O) groups excluding carboxylic acids is 1. The minimum Gasteiger partial charge on any atom is -0.505 e. The lowest BCUT2D eigenvalue weighted by Gasteiger charge is -2.31. The zero-order chi connectivity index (χ0) is 24.5. The summed E-state index contributed by atoms with van der Waals surface area (Å²) in [7, 11) is 0. The smallest absolute Gasteiger partial charge is 0.254 e. The van der Waals surface area contributed by atoms with Crippen molar-refractivity contribution in [1.29, 1.82) is 0 Å². The third kappa shape index (κ3) is 4.42. The van der Waals surface area contributed by atoms with Crippen LogP contribution in [-0.4, -0.2) is 49.9 Å². The van der Waals surface area contributed by atoms with Crippen LogP contribution in [0, 0.1) is 18.7 Å². The molecule has 8 nitrogen and oxygen atoms in total. The molecule has 0 bridgehead atoms. The molecule has 1 aliphatic rings. The second-order valence-corrected chi connectivity index (χ2v) is 8.91. The van der Waals surface area contributed by atoms with E-state index in [9.17, 15) is 14.3 Å². The fourth-order valence-corrected chi connectivity index (χ4v) is 4.55. The van der Waals surface area contributed by atoms with Crippen LogP contribution in [0.3, 0.4) is 0 Å². The first-order valence-corrected chi connectivity index (χ1v) is 11.6. The molecular weight excluding hydrogens is 447 g/mol. The van der Waals surface area contributed by atoms with Gasteiger partial charge >= 0.3 is 0 Å².